The third-order valence-corrected chi connectivity index (χ3v) is 5.35. The summed E-state index contributed by atoms with van der Waals surface area (Å²) in [6, 6.07) is 9.28. The van der Waals surface area contributed by atoms with E-state index in [-0.39, 0.29) is 22.8 Å². The summed E-state index contributed by atoms with van der Waals surface area (Å²) in [6.07, 6.45) is 1.59. The second kappa shape index (κ2) is 8.24. The third kappa shape index (κ3) is 5.14. The zero-order valence-corrected chi connectivity index (χ0v) is 16.8. The molecule has 10 heteroatoms. The van der Waals surface area contributed by atoms with Crippen LogP contribution < -0.4 is 15.2 Å². The van der Waals surface area contributed by atoms with Crippen molar-refractivity contribution in [2.45, 2.75) is 11.8 Å². The average Bonchev–Trinajstić information content (AvgIpc) is 2.66. The molecule has 1 aliphatic rings. The van der Waals surface area contributed by atoms with Crippen LogP contribution in [0.25, 0.3) is 6.08 Å². The molecule has 1 heterocycles. The third-order valence-electron chi connectivity index (χ3n) is 4.06. The maximum absolute atomic E-state index is 12.2. The minimum absolute atomic E-state index is 0.00473. The maximum Gasteiger partial charge on any atom is 0.338 e. The van der Waals surface area contributed by atoms with E-state index in [1.807, 2.05) is 0 Å². The van der Waals surface area contributed by atoms with Gasteiger partial charge in [-0.2, -0.15) is 0 Å². The Balaban J connectivity index is 1.62. The first-order chi connectivity index (χ1) is 13.6. The van der Waals surface area contributed by atoms with E-state index in [2.05, 4.69) is 5.32 Å². The zero-order chi connectivity index (χ0) is 21.2. The monoisotopic (exact) mass is 436 g/mol. The fraction of sp³-hybridized carbons (Fsp3) is 0.158. The van der Waals surface area contributed by atoms with E-state index in [0.29, 0.717) is 21.9 Å². The van der Waals surface area contributed by atoms with Crippen molar-refractivity contribution in [3.63, 3.8) is 0 Å². The van der Waals surface area contributed by atoms with E-state index >= 15 is 0 Å². The van der Waals surface area contributed by atoms with Crippen molar-refractivity contribution < 1.29 is 27.5 Å². The lowest BCUT2D eigenvalue weighted by Gasteiger charge is -2.17. The fourth-order valence-corrected chi connectivity index (χ4v) is 3.66. The molecule has 0 aliphatic carbocycles. The second-order valence-corrected chi connectivity index (χ2v) is 8.26. The SMILES string of the molecule is Cc1ccc(NC(=O)COC(=O)C2=Cc3cc(Cl)ccc3OC2)cc1S(N)(=O)=O. The summed E-state index contributed by atoms with van der Waals surface area (Å²) in [6.45, 7) is 1.03. The minimum atomic E-state index is -3.93. The lowest BCUT2D eigenvalue weighted by molar-refractivity contribution is -0.143. The van der Waals surface area contributed by atoms with E-state index in [1.165, 1.54) is 18.2 Å². The average molecular weight is 437 g/mol. The molecule has 0 fully saturated rings. The van der Waals surface area contributed by atoms with Gasteiger partial charge in [0, 0.05) is 16.3 Å². The maximum atomic E-state index is 12.2. The molecule has 1 aliphatic heterocycles. The number of aryl methyl sites for hydroxylation is 1. The van der Waals surface area contributed by atoms with Crippen LogP contribution in [-0.2, 0) is 24.3 Å². The molecule has 29 heavy (non-hydrogen) atoms. The highest BCUT2D eigenvalue weighted by Crippen LogP contribution is 2.29. The lowest BCUT2D eigenvalue weighted by atomic mass is 10.1. The predicted octanol–water partition coefficient (Wildman–Crippen LogP) is 2.25. The van der Waals surface area contributed by atoms with E-state index in [1.54, 1.807) is 31.2 Å². The molecular weight excluding hydrogens is 420 g/mol. The van der Waals surface area contributed by atoms with Crippen molar-refractivity contribution in [2.24, 2.45) is 5.14 Å². The molecule has 0 saturated carbocycles. The summed E-state index contributed by atoms with van der Waals surface area (Å²) in [5.41, 5.74) is 1.53. The molecule has 0 unspecified atom stereocenters. The van der Waals surface area contributed by atoms with Gasteiger partial charge in [-0.05, 0) is 48.9 Å². The van der Waals surface area contributed by atoms with Crippen LogP contribution in [0.15, 0.2) is 46.9 Å². The Kier molecular flexibility index (Phi) is 5.92. The van der Waals surface area contributed by atoms with E-state index < -0.39 is 28.5 Å². The Morgan fingerprint density at radius 1 is 1.24 bits per heavy atom. The van der Waals surface area contributed by atoms with Crippen molar-refractivity contribution in [1.29, 1.82) is 0 Å². The standard InChI is InChI=1S/C19H17ClN2O6S/c1-11-2-4-15(8-17(11)29(21,25)26)22-18(23)10-28-19(24)13-6-12-7-14(20)3-5-16(12)27-9-13/h2-8H,9-10H2,1H3,(H,22,23)(H2,21,25,26). The molecule has 2 aromatic carbocycles. The summed E-state index contributed by atoms with van der Waals surface area (Å²) in [5.74, 6) is -0.753. The molecule has 8 nitrogen and oxygen atoms in total. The first-order valence-electron chi connectivity index (χ1n) is 8.37. The normalized spacial score (nSPS) is 13.0. The van der Waals surface area contributed by atoms with Crippen LogP contribution in [0.3, 0.4) is 0 Å². The van der Waals surface area contributed by atoms with Gasteiger partial charge in [-0.25, -0.2) is 18.4 Å². The number of hydrogen-bond donors (Lipinski definition) is 2. The quantitative estimate of drug-likeness (QED) is 0.692. The number of esters is 1. The molecule has 0 spiro atoms. The van der Waals surface area contributed by atoms with Gasteiger partial charge in [-0.1, -0.05) is 17.7 Å². The number of benzene rings is 2. The van der Waals surface area contributed by atoms with Gasteiger partial charge in [0.05, 0.1) is 10.5 Å². The number of nitrogens with one attached hydrogen (secondary N) is 1. The van der Waals surface area contributed by atoms with Crippen LogP contribution in [0.4, 0.5) is 5.69 Å². The number of sulfonamides is 1. The molecule has 0 aromatic heterocycles. The van der Waals surface area contributed by atoms with Crippen LogP contribution >= 0.6 is 11.6 Å². The van der Waals surface area contributed by atoms with E-state index in [9.17, 15) is 18.0 Å². The Labute approximate surface area is 172 Å². The number of halogens is 1. The fourth-order valence-electron chi connectivity index (χ4n) is 2.67. The number of amides is 1. The number of anilines is 1. The van der Waals surface area contributed by atoms with Crippen LogP contribution in [0.2, 0.25) is 5.02 Å². The van der Waals surface area contributed by atoms with Crippen molar-refractivity contribution in [1.82, 2.24) is 0 Å². The number of nitrogens with two attached hydrogens (primary N) is 1. The van der Waals surface area contributed by atoms with Gasteiger partial charge in [-0.15, -0.1) is 0 Å². The highest BCUT2D eigenvalue weighted by molar-refractivity contribution is 7.89. The highest BCUT2D eigenvalue weighted by Gasteiger charge is 2.20. The zero-order valence-electron chi connectivity index (χ0n) is 15.3. The molecule has 3 rings (SSSR count). The number of carbonyl (C=O) groups is 2. The number of fused-ring (bicyclic) bond motifs is 1. The first kappa shape index (κ1) is 20.8. The minimum Gasteiger partial charge on any atom is -0.488 e. The molecule has 152 valence electrons. The summed E-state index contributed by atoms with van der Waals surface area (Å²) in [4.78, 5) is 24.1. The van der Waals surface area contributed by atoms with Gasteiger partial charge in [0.1, 0.15) is 12.4 Å². The van der Waals surface area contributed by atoms with Gasteiger partial charge in [-0.3, -0.25) is 4.79 Å². The van der Waals surface area contributed by atoms with Crippen LogP contribution in [0.1, 0.15) is 11.1 Å². The Morgan fingerprint density at radius 2 is 2.00 bits per heavy atom. The van der Waals surface area contributed by atoms with Gasteiger partial charge in [0.2, 0.25) is 10.0 Å². The number of hydrogen-bond acceptors (Lipinski definition) is 6. The second-order valence-electron chi connectivity index (χ2n) is 6.29. The molecular formula is C19H17ClN2O6S. The molecule has 0 radical (unpaired) electrons. The molecule has 0 atom stereocenters. The van der Waals surface area contributed by atoms with Gasteiger partial charge in [0.15, 0.2) is 6.61 Å². The Bertz CT molecular complexity index is 1130. The molecule has 3 N–H and O–H groups in total. The van der Waals surface area contributed by atoms with Crippen LogP contribution in [-0.4, -0.2) is 33.5 Å². The van der Waals surface area contributed by atoms with Crippen molar-refractivity contribution in [3.05, 3.63) is 58.1 Å². The van der Waals surface area contributed by atoms with Crippen molar-refractivity contribution >= 4 is 45.3 Å². The lowest BCUT2D eigenvalue weighted by Crippen LogP contribution is -2.24. The summed E-state index contributed by atoms with van der Waals surface area (Å²) in [5, 5.41) is 8.10. The van der Waals surface area contributed by atoms with Crippen LogP contribution in [0.5, 0.6) is 5.75 Å². The Morgan fingerprint density at radius 3 is 2.72 bits per heavy atom. The topological polar surface area (TPSA) is 125 Å². The molecule has 0 bridgehead atoms. The van der Waals surface area contributed by atoms with Gasteiger partial charge >= 0.3 is 5.97 Å². The van der Waals surface area contributed by atoms with Crippen LogP contribution in [0, 0.1) is 6.92 Å². The highest BCUT2D eigenvalue weighted by atomic mass is 35.5. The van der Waals surface area contributed by atoms with Crippen molar-refractivity contribution in [3.8, 4) is 5.75 Å². The summed E-state index contributed by atoms with van der Waals surface area (Å²) in [7, 11) is -3.93. The summed E-state index contributed by atoms with van der Waals surface area (Å²) < 4.78 is 33.6. The van der Waals surface area contributed by atoms with Gasteiger partial charge in [0.25, 0.3) is 5.91 Å². The molecule has 2 aromatic rings. The predicted molar refractivity (Wildman–Crippen MR) is 107 cm³/mol. The van der Waals surface area contributed by atoms with Crippen molar-refractivity contribution in [2.75, 3.05) is 18.5 Å². The number of primary sulfonamides is 1. The smallest absolute Gasteiger partial charge is 0.338 e. The number of rotatable bonds is 5. The van der Waals surface area contributed by atoms with E-state index in [0.717, 1.165) is 0 Å². The van der Waals surface area contributed by atoms with E-state index in [4.69, 9.17) is 26.2 Å². The molecule has 1 amide bonds. The number of ether oxygens (including phenoxy) is 2. The Hall–Kier alpha value is -2.88. The number of carbonyl (C=O) groups excluding carboxylic acids is 2. The summed E-state index contributed by atoms with van der Waals surface area (Å²) >= 11 is 5.93. The van der Waals surface area contributed by atoms with Gasteiger partial charge < -0.3 is 14.8 Å². The molecule has 0 saturated heterocycles. The first-order valence-corrected chi connectivity index (χ1v) is 10.3. The largest absolute Gasteiger partial charge is 0.488 e.